The Morgan fingerprint density at radius 1 is 0.724 bits per heavy atom. The first-order valence-corrected chi connectivity index (χ1v) is 30.0. The molecule has 0 saturated carbocycles. The zero-order valence-electron chi connectivity index (χ0n) is 48.7. The Bertz CT molecular complexity index is 3600. The molecule has 8 aromatic rings. The van der Waals surface area contributed by atoms with Crippen LogP contribution in [0.5, 0.6) is 11.5 Å². The lowest BCUT2D eigenvalue weighted by atomic mass is 9.87. The van der Waals surface area contributed by atoms with Gasteiger partial charge in [-0.3, -0.25) is 4.79 Å². The number of carbonyl (C=O) groups is 1. The van der Waals surface area contributed by atoms with Crippen molar-refractivity contribution in [2.45, 2.75) is 76.3 Å². The zero-order chi connectivity index (χ0) is 60.7. The first-order valence-electron chi connectivity index (χ1n) is 29.2. The van der Waals surface area contributed by atoms with E-state index in [0.29, 0.717) is 67.0 Å². The minimum atomic E-state index is -1.08. The molecular formula is C63H70Cl2F2N12O8. The highest BCUT2D eigenvalue weighted by molar-refractivity contribution is 6.35. The second kappa shape index (κ2) is 27.0. The number of nitrogens with zero attached hydrogens (tertiary/aromatic N) is 12. The van der Waals surface area contributed by atoms with Gasteiger partial charge in [-0.05, 0) is 111 Å². The van der Waals surface area contributed by atoms with E-state index in [9.17, 15) is 23.5 Å². The van der Waals surface area contributed by atoms with Crippen LogP contribution >= 0.6 is 23.2 Å². The molecule has 0 spiro atoms. The number of hydrogen-bond donors (Lipinski definition) is 1. The topological polar surface area (TPSA) is 185 Å². The number of hydrogen-bond acceptors (Lipinski definition) is 15. The van der Waals surface area contributed by atoms with Crippen molar-refractivity contribution >= 4 is 46.2 Å². The highest BCUT2D eigenvalue weighted by Gasteiger charge is 2.46. The maximum atomic E-state index is 15.0. The van der Waals surface area contributed by atoms with Crippen molar-refractivity contribution in [3.63, 3.8) is 0 Å². The van der Waals surface area contributed by atoms with E-state index < -0.39 is 29.1 Å². The number of aliphatic hydroxyl groups excluding tert-OH is 1. The van der Waals surface area contributed by atoms with E-state index in [1.54, 1.807) is 49.5 Å². The van der Waals surface area contributed by atoms with Gasteiger partial charge in [0, 0.05) is 117 Å². The average molecular weight is 1230 g/mol. The van der Waals surface area contributed by atoms with E-state index in [1.807, 2.05) is 89.3 Å². The summed E-state index contributed by atoms with van der Waals surface area (Å²) < 4.78 is 66.2. The number of amides is 1. The molecule has 24 heteroatoms. The molecule has 0 radical (unpaired) electrons. The van der Waals surface area contributed by atoms with Gasteiger partial charge in [0.2, 0.25) is 11.7 Å². The average Bonchev–Trinajstić information content (AvgIpc) is 2.73. The molecule has 5 aromatic carbocycles. The van der Waals surface area contributed by atoms with Crippen molar-refractivity contribution in [3.05, 3.63) is 190 Å². The monoisotopic (exact) mass is 1230 g/mol. The lowest BCUT2D eigenvalue weighted by Gasteiger charge is -2.37. The Hall–Kier alpha value is -7.86. The smallest absolute Gasteiger partial charge is 0.350 e. The number of piperazine rings is 2. The van der Waals surface area contributed by atoms with Crippen LogP contribution in [0.15, 0.2) is 152 Å². The molecule has 4 aliphatic heterocycles. The first kappa shape index (κ1) is 60.8. The largest absolute Gasteiger partial charge is 0.493 e. The standard InChI is InChI=1S/C37H42F2N8O4.C26H28Cl2N4O4/c1-3-35(26(2)48)47-36(49)46(25-42-47)31-7-5-29(6-8-31)43-14-16-44(17-15-43)30-9-11-32(12-10-30)50-20-27-19-37(51-21-27,22-45-24-40-23-41-45)33-13-4-28(38)18-34(33)39;1-19(33)31-10-12-32(13-11-31)21-3-5-22(6-4-21)34-15-23-16-35-26(36-23,17-30-9-8-29-18-30)24-7-2-20(27)14-25(24)28/h4-13,18,23-27,35,48H,3,14-17,19-22H2,1-2H3;2-9,14,18,23H,10-13,15-17H2,1H3/t26-,27?,35-,37-;23-,26-/m00/s1. The summed E-state index contributed by atoms with van der Waals surface area (Å²) in [4.78, 5) is 41.5. The van der Waals surface area contributed by atoms with Gasteiger partial charge < -0.3 is 53.0 Å². The third-order valence-corrected chi connectivity index (χ3v) is 17.0. The Labute approximate surface area is 512 Å². The van der Waals surface area contributed by atoms with Crippen molar-refractivity contribution in [2.75, 3.05) is 93.5 Å². The molecule has 0 bridgehead atoms. The van der Waals surface area contributed by atoms with Crippen molar-refractivity contribution < 1.29 is 42.4 Å². The normalized spacial score (nSPS) is 21.1. The first-order chi connectivity index (χ1) is 42.1. The molecule has 0 aliphatic carbocycles. The van der Waals surface area contributed by atoms with Gasteiger partial charge in [0.1, 0.15) is 60.4 Å². The lowest BCUT2D eigenvalue weighted by Crippen LogP contribution is -2.48. The van der Waals surface area contributed by atoms with E-state index >= 15 is 0 Å². The number of rotatable bonds is 19. The van der Waals surface area contributed by atoms with E-state index in [-0.39, 0.29) is 36.2 Å². The molecule has 1 amide bonds. The lowest BCUT2D eigenvalue weighted by molar-refractivity contribution is -0.189. The molecule has 458 valence electrons. The Morgan fingerprint density at radius 3 is 1.92 bits per heavy atom. The SMILES string of the molecule is CC(=O)N1CCN(c2ccc(OC[C@H]3CO[C@](Cn4ccnc4)(c4ccc(Cl)cc4Cl)O3)cc2)CC1.CC[C@@H]([C@H](C)O)n1ncn(-c2ccc(N3CCN(c4ccc(OCC5CO[C@@](Cn6cncn6)(c6ccc(F)cc6F)C5)cc4)CC3)cc2)c1=O. The van der Waals surface area contributed by atoms with Crippen molar-refractivity contribution in [1.29, 1.82) is 0 Å². The number of aromatic nitrogens is 8. The van der Waals surface area contributed by atoms with Crippen LogP contribution in [0.2, 0.25) is 10.0 Å². The number of ether oxygens (including phenoxy) is 5. The molecule has 7 heterocycles. The third-order valence-electron chi connectivity index (χ3n) is 16.5. The molecule has 4 fully saturated rings. The molecule has 20 nitrogen and oxygen atoms in total. The van der Waals surface area contributed by atoms with Gasteiger partial charge in [0.25, 0.3) is 0 Å². The zero-order valence-corrected chi connectivity index (χ0v) is 50.2. The second-order valence-corrected chi connectivity index (χ2v) is 23.1. The molecule has 1 unspecified atom stereocenters. The summed E-state index contributed by atoms with van der Waals surface area (Å²) in [6.45, 7) is 13.8. The van der Waals surface area contributed by atoms with Crippen LogP contribution in [-0.4, -0.2) is 146 Å². The Balaban J connectivity index is 0.000000191. The van der Waals surface area contributed by atoms with Crippen molar-refractivity contribution in [3.8, 4) is 17.2 Å². The fraction of sp³-hybridized carbons (Fsp3) is 0.397. The predicted molar refractivity (Wildman–Crippen MR) is 325 cm³/mol. The van der Waals surface area contributed by atoms with E-state index in [1.165, 1.54) is 34.0 Å². The number of carbonyl (C=O) groups excluding carboxylic acids is 1. The van der Waals surface area contributed by atoms with Gasteiger partial charge in [-0.15, -0.1) is 0 Å². The van der Waals surface area contributed by atoms with Crippen LogP contribution in [-0.2, 0) is 43.5 Å². The fourth-order valence-electron chi connectivity index (χ4n) is 11.8. The van der Waals surface area contributed by atoms with Crippen LogP contribution in [0, 0.1) is 17.6 Å². The van der Waals surface area contributed by atoms with Crippen LogP contribution in [0.1, 0.15) is 50.8 Å². The van der Waals surface area contributed by atoms with Crippen molar-refractivity contribution in [2.24, 2.45) is 5.92 Å². The van der Waals surface area contributed by atoms with Gasteiger partial charge in [0.15, 0.2) is 0 Å². The summed E-state index contributed by atoms with van der Waals surface area (Å²) in [5.41, 5.74) is 3.75. The highest BCUT2D eigenvalue weighted by atomic mass is 35.5. The number of aliphatic hydroxyl groups is 1. The summed E-state index contributed by atoms with van der Waals surface area (Å²) in [6.07, 6.45) is 9.86. The van der Waals surface area contributed by atoms with Crippen molar-refractivity contribution in [1.82, 2.24) is 43.6 Å². The minimum Gasteiger partial charge on any atom is -0.493 e. The van der Waals surface area contributed by atoms with Crippen LogP contribution in [0.25, 0.3) is 5.69 Å². The maximum absolute atomic E-state index is 15.0. The summed E-state index contributed by atoms with van der Waals surface area (Å²) in [6, 6.07) is 32.5. The van der Waals surface area contributed by atoms with E-state index in [0.717, 1.165) is 92.7 Å². The van der Waals surface area contributed by atoms with E-state index in [4.69, 9.17) is 46.9 Å². The molecule has 1 N–H and O–H groups in total. The van der Waals surface area contributed by atoms with Gasteiger partial charge >= 0.3 is 5.69 Å². The minimum absolute atomic E-state index is 0.0121. The summed E-state index contributed by atoms with van der Waals surface area (Å²) in [5.74, 6) is -0.764. The third kappa shape index (κ3) is 14.1. The number of benzene rings is 5. The van der Waals surface area contributed by atoms with Gasteiger partial charge in [0.05, 0.1) is 62.1 Å². The quantitative estimate of drug-likeness (QED) is 0.0810. The molecule has 6 atom stereocenters. The second-order valence-electron chi connectivity index (χ2n) is 22.3. The van der Waals surface area contributed by atoms with E-state index in [2.05, 4.69) is 47.0 Å². The van der Waals surface area contributed by atoms with Crippen LogP contribution in [0.4, 0.5) is 25.8 Å². The van der Waals surface area contributed by atoms with Gasteiger partial charge in [-0.25, -0.2) is 37.5 Å². The number of halogens is 4. The van der Waals surface area contributed by atoms with Gasteiger partial charge in [-0.2, -0.15) is 10.2 Å². The maximum Gasteiger partial charge on any atom is 0.350 e. The van der Waals surface area contributed by atoms with Crippen LogP contribution < -0.4 is 29.9 Å². The molecule has 4 saturated heterocycles. The van der Waals surface area contributed by atoms with Crippen LogP contribution in [0.3, 0.4) is 0 Å². The Morgan fingerprint density at radius 2 is 1.34 bits per heavy atom. The summed E-state index contributed by atoms with van der Waals surface area (Å²) in [7, 11) is 0. The number of imidazole rings is 1. The predicted octanol–water partition coefficient (Wildman–Crippen LogP) is 8.78. The number of anilines is 3. The molecular weight excluding hydrogens is 1160 g/mol. The summed E-state index contributed by atoms with van der Waals surface area (Å²) >= 11 is 12.7. The fourth-order valence-corrected chi connectivity index (χ4v) is 12.4. The molecule has 87 heavy (non-hydrogen) atoms. The molecule has 4 aliphatic rings. The molecule has 3 aromatic heterocycles. The molecule has 12 rings (SSSR count). The summed E-state index contributed by atoms with van der Waals surface area (Å²) in [5, 5.41) is 19.5. The van der Waals surface area contributed by atoms with Gasteiger partial charge in [-0.1, -0.05) is 42.3 Å². The Kier molecular flexibility index (Phi) is 18.9. The highest BCUT2D eigenvalue weighted by Crippen LogP contribution is 2.43.